The van der Waals surface area contributed by atoms with Crippen molar-refractivity contribution in [3.8, 4) is 5.75 Å². The third kappa shape index (κ3) is 1.69. The SMILES string of the molecule is OC1(Cc2cc(Cl)cc3c2OCC3)CNC1. The molecule has 1 aromatic carbocycles. The molecule has 0 saturated carbocycles. The molecule has 2 aliphatic heterocycles. The first-order valence-corrected chi connectivity index (χ1v) is 5.91. The Bertz CT molecular complexity index is 429. The van der Waals surface area contributed by atoms with Crippen LogP contribution in [0.1, 0.15) is 11.1 Å². The highest BCUT2D eigenvalue weighted by molar-refractivity contribution is 6.30. The lowest BCUT2D eigenvalue weighted by Crippen LogP contribution is -2.60. The molecule has 2 aliphatic rings. The van der Waals surface area contributed by atoms with Crippen LogP contribution in [-0.4, -0.2) is 30.4 Å². The average molecular weight is 240 g/mol. The van der Waals surface area contributed by atoms with E-state index in [0.29, 0.717) is 19.5 Å². The second kappa shape index (κ2) is 3.62. The highest BCUT2D eigenvalue weighted by atomic mass is 35.5. The maximum absolute atomic E-state index is 10.1. The molecule has 2 N–H and O–H groups in total. The average Bonchev–Trinajstić information content (AvgIpc) is 2.63. The van der Waals surface area contributed by atoms with E-state index >= 15 is 0 Å². The zero-order chi connectivity index (χ0) is 11.2. The lowest BCUT2D eigenvalue weighted by molar-refractivity contribution is -0.00943. The molecule has 4 heteroatoms. The van der Waals surface area contributed by atoms with Gasteiger partial charge in [0.1, 0.15) is 5.75 Å². The summed E-state index contributed by atoms with van der Waals surface area (Å²) in [6.45, 7) is 2.02. The third-order valence-corrected chi connectivity index (χ3v) is 3.47. The summed E-state index contributed by atoms with van der Waals surface area (Å²) in [6.07, 6.45) is 1.53. The quantitative estimate of drug-likeness (QED) is 0.814. The highest BCUT2D eigenvalue weighted by Gasteiger charge is 2.35. The van der Waals surface area contributed by atoms with E-state index in [0.717, 1.165) is 29.4 Å². The third-order valence-electron chi connectivity index (χ3n) is 3.25. The number of hydrogen-bond acceptors (Lipinski definition) is 3. The minimum absolute atomic E-state index is 0.614. The van der Waals surface area contributed by atoms with Crippen molar-refractivity contribution in [2.75, 3.05) is 19.7 Å². The molecule has 3 rings (SSSR count). The lowest BCUT2D eigenvalue weighted by Gasteiger charge is -2.38. The van der Waals surface area contributed by atoms with Gasteiger partial charge in [-0.05, 0) is 23.3 Å². The van der Waals surface area contributed by atoms with E-state index in [1.54, 1.807) is 0 Å². The number of rotatable bonds is 2. The molecule has 86 valence electrons. The first-order valence-electron chi connectivity index (χ1n) is 5.53. The van der Waals surface area contributed by atoms with Crippen molar-refractivity contribution >= 4 is 11.6 Å². The highest BCUT2D eigenvalue weighted by Crippen LogP contribution is 2.35. The van der Waals surface area contributed by atoms with Gasteiger partial charge in [0, 0.05) is 31.0 Å². The fourth-order valence-corrected chi connectivity index (χ4v) is 2.63. The number of benzene rings is 1. The van der Waals surface area contributed by atoms with E-state index in [1.165, 1.54) is 5.56 Å². The fourth-order valence-electron chi connectivity index (χ4n) is 2.37. The Balaban J connectivity index is 1.94. The van der Waals surface area contributed by atoms with E-state index in [2.05, 4.69) is 5.32 Å². The predicted molar refractivity (Wildman–Crippen MR) is 62.2 cm³/mol. The number of aliphatic hydroxyl groups is 1. The van der Waals surface area contributed by atoms with Crippen LogP contribution in [0.3, 0.4) is 0 Å². The number of ether oxygens (including phenoxy) is 1. The van der Waals surface area contributed by atoms with Crippen molar-refractivity contribution < 1.29 is 9.84 Å². The van der Waals surface area contributed by atoms with Crippen LogP contribution in [0.25, 0.3) is 0 Å². The molecule has 0 spiro atoms. The standard InChI is InChI=1S/C12H14ClNO2/c13-10-3-8-1-2-16-11(8)9(4-10)5-12(15)6-14-7-12/h3-4,14-15H,1-2,5-7H2. The maximum atomic E-state index is 10.1. The van der Waals surface area contributed by atoms with Crippen molar-refractivity contribution in [3.63, 3.8) is 0 Å². The second-order valence-electron chi connectivity index (χ2n) is 4.66. The second-order valence-corrected chi connectivity index (χ2v) is 5.09. The molecule has 0 aliphatic carbocycles. The largest absolute Gasteiger partial charge is 0.493 e. The van der Waals surface area contributed by atoms with Gasteiger partial charge in [-0.1, -0.05) is 11.6 Å². The Morgan fingerprint density at radius 3 is 2.94 bits per heavy atom. The molecule has 0 amide bonds. The molecule has 1 aromatic rings. The minimum Gasteiger partial charge on any atom is -0.493 e. The van der Waals surface area contributed by atoms with E-state index < -0.39 is 5.60 Å². The van der Waals surface area contributed by atoms with Crippen LogP contribution in [0, 0.1) is 0 Å². The number of fused-ring (bicyclic) bond motifs is 1. The summed E-state index contributed by atoms with van der Waals surface area (Å²) in [5.74, 6) is 0.935. The van der Waals surface area contributed by atoms with Gasteiger partial charge in [0.05, 0.1) is 12.2 Å². The van der Waals surface area contributed by atoms with Gasteiger partial charge in [-0.3, -0.25) is 0 Å². The summed E-state index contributed by atoms with van der Waals surface area (Å²) < 4.78 is 5.61. The maximum Gasteiger partial charge on any atom is 0.126 e. The zero-order valence-electron chi connectivity index (χ0n) is 8.92. The monoisotopic (exact) mass is 239 g/mol. The van der Waals surface area contributed by atoms with E-state index in [4.69, 9.17) is 16.3 Å². The van der Waals surface area contributed by atoms with E-state index in [1.807, 2.05) is 12.1 Å². The van der Waals surface area contributed by atoms with E-state index in [-0.39, 0.29) is 0 Å². The van der Waals surface area contributed by atoms with Crippen LogP contribution >= 0.6 is 11.6 Å². The zero-order valence-corrected chi connectivity index (χ0v) is 9.68. The Morgan fingerprint density at radius 2 is 2.25 bits per heavy atom. The minimum atomic E-state index is -0.621. The van der Waals surface area contributed by atoms with Crippen LogP contribution in [0.15, 0.2) is 12.1 Å². The van der Waals surface area contributed by atoms with Crippen molar-refractivity contribution in [1.29, 1.82) is 0 Å². The van der Waals surface area contributed by atoms with Crippen LogP contribution in [-0.2, 0) is 12.8 Å². The molecule has 1 fully saturated rings. The first kappa shape index (κ1) is 10.4. The number of nitrogens with one attached hydrogen (secondary N) is 1. The molecule has 0 unspecified atom stereocenters. The summed E-state index contributed by atoms with van der Waals surface area (Å²) in [4.78, 5) is 0. The summed E-state index contributed by atoms with van der Waals surface area (Å²) in [5, 5.41) is 13.9. The topological polar surface area (TPSA) is 41.5 Å². The number of β-amino-alcohol motifs (C(OH)–C–C–N with tert-alkyl or cyclic N) is 1. The van der Waals surface area contributed by atoms with Gasteiger partial charge < -0.3 is 15.2 Å². The molecular formula is C12H14ClNO2. The van der Waals surface area contributed by atoms with Crippen LogP contribution in [0.2, 0.25) is 5.02 Å². The Labute approximate surface area is 99.4 Å². The summed E-state index contributed by atoms with van der Waals surface area (Å²) in [5.41, 5.74) is 1.58. The normalized spacial score (nSPS) is 21.1. The number of halogens is 1. The van der Waals surface area contributed by atoms with Crippen LogP contribution < -0.4 is 10.1 Å². The van der Waals surface area contributed by atoms with Crippen LogP contribution in [0.5, 0.6) is 5.75 Å². The van der Waals surface area contributed by atoms with Gasteiger partial charge in [-0.2, -0.15) is 0 Å². The molecule has 16 heavy (non-hydrogen) atoms. The van der Waals surface area contributed by atoms with Gasteiger partial charge in [-0.15, -0.1) is 0 Å². The van der Waals surface area contributed by atoms with Crippen molar-refractivity contribution in [2.24, 2.45) is 0 Å². The number of hydrogen-bond donors (Lipinski definition) is 2. The van der Waals surface area contributed by atoms with Gasteiger partial charge >= 0.3 is 0 Å². The molecule has 0 bridgehead atoms. The fraction of sp³-hybridized carbons (Fsp3) is 0.500. The molecule has 0 atom stereocenters. The lowest BCUT2D eigenvalue weighted by atomic mass is 9.88. The Kier molecular flexibility index (Phi) is 2.35. The van der Waals surface area contributed by atoms with Crippen molar-refractivity contribution in [3.05, 3.63) is 28.3 Å². The summed E-state index contributed by atoms with van der Waals surface area (Å²) >= 11 is 6.07. The van der Waals surface area contributed by atoms with E-state index in [9.17, 15) is 5.11 Å². The molecular weight excluding hydrogens is 226 g/mol. The van der Waals surface area contributed by atoms with Gasteiger partial charge in [0.15, 0.2) is 0 Å². The molecule has 2 heterocycles. The van der Waals surface area contributed by atoms with Crippen molar-refractivity contribution in [2.45, 2.75) is 18.4 Å². The Morgan fingerprint density at radius 1 is 1.44 bits per heavy atom. The Hall–Kier alpha value is -0.770. The smallest absolute Gasteiger partial charge is 0.126 e. The predicted octanol–water partition coefficient (Wildman–Crippen LogP) is 1.15. The molecule has 3 nitrogen and oxygen atoms in total. The summed E-state index contributed by atoms with van der Waals surface area (Å²) in [7, 11) is 0. The molecule has 0 radical (unpaired) electrons. The van der Waals surface area contributed by atoms with Crippen LogP contribution in [0.4, 0.5) is 0 Å². The first-order chi connectivity index (χ1) is 7.66. The van der Waals surface area contributed by atoms with Gasteiger partial charge in [-0.25, -0.2) is 0 Å². The molecule has 0 aromatic heterocycles. The van der Waals surface area contributed by atoms with Gasteiger partial charge in [0.25, 0.3) is 0 Å². The van der Waals surface area contributed by atoms with Crippen molar-refractivity contribution in [1.82, 2.24) is 5.32 Å². The van der Waals surface area contributed by atoms with Gasteiger partial charge in [0.2, 0.25) is 0 Å². The molecule has 1 saturated heterocycles. The summed E-state index contributed by atoms with van der Waals surface area (Å²) in [6, 6.07) is 3.86.